The molecule has 1 aromatic heterocycles. The summed E-state index contributed by atoms with van der Waals surface area (Å²) in [6, 6.07) is 11.3. The van der Waals surface area contributed by atoms with Gasteiger partial charge in [-0.1, -0.05) is 17.7 Å². The SMILES string of the molecule is CC(NC(=O)c1ccc(Cl)cc1)C(=O)N(C)C(C)c1ccccn1. The van der Waals surface area contributed by atoms with Gasteiger partial charge >= 0.3 is 0 Å². The van der Waals surface area contributed by atoms with Crippen LogP contribution in [0, 0.1) is 0 Å². The molecule has 2 unspecified atom stereocenters. The monoisotopic (exact) mass is 345 g/mol. The first-order valence-corrected chi connectivity index (χ1v) is 8.02. The summed E-state index contributed by atoms with van der Waals surface area (Å²) in [6.45, 7) is 3.56. The zero-order chi connectivity index (χ0) is 17.7. The van der Waals surface area contributed by atoms with Gasteiger partial charge in [0.25, 0.3) is 5.91 Å². The summed E-state index contributed by atoms with van der Waals surface area (Å²) >= 11 is 5.81. The number of halogens is 1. The third kappa shape index (κ3) is 4.32. The maximum Gasteiger partial charge on any atom is 0.251 e. The third-order valence-corrected chi connectivity index (χ3v) is 4.12. The summed E-state index contributed by atoms with van der Waals surface area (Å²) in [4.78, 5) is 30.6. The van der Waals surface area contributed by atoms with Gasteiger partial charge in [-0.05, 0) is 50.2 Å². The second-order valence-corrected chi connectivity index (χ2v) is 6.02. The molecule has 0 aliphatic carbocycles. The molecule has 0 aliphatic rings. The molecule has 126 valence electrons. The third-order valence-electron chi connectivity index (χ3n) is 3.87. The van der Waals surface area contributed by atoms with Crippen LogP contribution in [0.2, 0.25) is 5.02 Å². The number of carbonyl (C=O) groups excluding carboxylic acids is 2. The molecule has 0 radical (unpaired) electrons. The van der Waals surface area contributed by atoms with Crippen LogP contribution in [0.4, 0.5) is 0 Å². The van der Waals surface area contributed by atoms with Gasteiger partial charge in [0, 0.05) is 23.8 Å². The van der Waals surface area contributed by atoms with E-state index in [2.05, 4.69) is 10.3 Å². The lowest BCUT2D eigenvalue weighted by Crippen LogP contribution is -2.46. The lowest BCUT2D eigenvalue weighted by molar-refractivity contribution is -0.133. The Balaban J connectivity index is 2.00. The molecule has 2 aromatic rings. The number of pyridine rings is 1. The molecular formula is C18H20ClN3O2. The van der Waals surface area contributed by atoms with Crippen LogP contribution in [0.25, 0.3) is 0 Å². The van der Waals surface area contributed by atoms with Gasteiger partial charge in [-0.3, -0.25) is 14.6 Å². The van der Waals surface area contributed by atoms with Gasteiger partial charge in [-0.15, -0.1) is 0 Å². The smallest absolute Gasteiger partial charge is 0.251 e. The number of nitrogens with zero attached hydrogens (tertiary/aromatic N) is 2. The Morgan fingerprint density at radius 1 is 1.12 bits per heavy atom. The molecule has 6 heteroatoms. The Morgan fingerprint density at radius 3 is 2.38 bits per heavy atom. The number of hydrogen-bond acceptors (Lipinski definition) is 3. The van der Waals surface area contributed by atoms with Crippen molar-refractivity contribution in [1.29, 1.82) is 0 Å². The normalized spacial score (nSPS) is 13.0. The largest absolute Gasteiger partial charge is 0.341 e. The van der Waals surface area contributed by atoms with E-state index in [1.54, 1.807) is 49.3 Å². The Morgan fingerprint density at radius 2 is 1.79 bits per heavy atom. The number of aromatic nitrogens is 1. The minimum atomic E-state index is -0.649. The van der Waals surface area contributed by atoms with E-state index in [-0.39, 0.29) is 17.9 Å². The van der Waals surface area contributed by atoms with E-state index in [1.165, 1.54) is 0 Å². The van der Waals surface area contributed by atoms with Gasteiger partial charge in [0.1, 0.15) is 6.04 Å². The second-order valence-electron chi connectivity index (χ2n) is 5.58. The van der Waals surface area contributed by atoms with Crippen molar-refractivity contribution in [2.24, 2.45) is 0 Å². The lowest BCUT2D eigenvalue weighted by Gasteiger charge is -2.27. The van der Waals surface area contributed by atoms with Gasteiger partial charge < -0.3 is 10.2 Å². The number of hydrogen-bond donors (Lipinski definition) is 1. The standard InChI is InChI=1S/C18H20ClN3O2/c1-12(21-17(23)14-7-9-15(19)10-8-14)18(24)22(3)13(2)16-6-4-5-11-20-16/h4-13H,1-3H3,(H,21,23). The van der Waals surface area contributed by atoms with E-state index < -0.39 is 6.04 Å². The highest BCUT2D eigenvalue weighted by Gasteiger charge is 2.24. The number of amides is 2. The molecular weight excluding hydrogens is 326 g/mol. The highest BCUT2D eigenvalue weighted by atomic mass is 35.5. The number of carbonyl (C=O) groups is 2. The summed E-state index contributed by atoms with van der Waals surface area (Å²) in [5.74, 6) is -0.498. The van der Waals surface area contributed by atoms with Crippen molar-refractivity contribution in [2.45, 2.75) is 25.9 Å². The van der Waals surface area contributed by atoms with E-state index in [0.717, 1.165) is 5.69 Å². The highest BCUT2D eigenvalue weighted by molar-refractivity contribution is 6.30. The topological polar surface area (TPSA) is 62.3 Å². The molecule has 2 amide bonds. The zero-order valence-corrected chi connectivity index (χ0v) is 14.6. The van der Waals surface area contributed by atoms with Gasteiger partial charge in [0.15, 0.2) is 0 Å². The molecule has 0 saturated carbocycles. The fourth-order valence-corrected chi connectivity index (χ4v) is 2.39. The molecule has 0 fully saturated rings. The lowest BCUT2D eigenvalue weighted by atomic mass is 10.1. The van der Waals surface area contributed by atoms with Crippen LogP contribution in [-0.2, 0) is 4.79 Å². The Kier molecular flexibility index (Phi) is 5.93. The maximum atomic E-state index is 12.5. The number of benzene rings is 1. The minimum absolute atomic E-state index is 0.185. The molecule has 2 rings (SSSR count). The number of nitrogens with one attached hydrogen (secondary N) is 1. The number of likely N-dealkylation sites (N-methyl/N-ethyl adjacent to an activating group) is 1. The van der Waals surface area contributed by atoms with E-state index in [4.69, 9.17) is 11.6 Å². The molecule has 5 nitrogen and oxygen atoms in total. The Labute approximate surface area is 146 Å². The first-order valence-electron chi connectivity index (χ1n) is 7.64. The van der Waals surface area contributed by atoms with E-state index >= 15 is 0 Å². The van der Waals surface area contributed by atoms with E-state index in [1.807, 2.05) is 25.1 Å². The van der Waals surface area contributed by atoms with Crippen LogP contribution in [-0.4, -0.2) is 34.8 Å². The van der Waals surface area contributed by atoms with E-state index in [9.17, 15) is 9.59 Å². The molecule has 2 atom stereocenters. The minimum Gasteiger partial charge on any atom is -0.341 e. The fourth-order valence-electron chi connectivity index (χ4n) is 2.26. The van der Waals surface area contributed by atoms with Crippen molar-refractivity contribution in [2.75, 3.05) is 7.05 Å². The zero-order valence-electron chi connectivity index (χ0n) is 13.9. The van der Waals surface area contributed by atoms with Crippen molar-refractivity contribution in [1.82, 2.24) is 15.2 Å². The quantitative estimate of drug-likeness (QED) is 0.905. The van der Waals surface area contributed by atoms with Gasteiger partial charge in [-0.25, -0.2) is 0 Å². The number of rotatable bonds is 5. The summed E-state index contributed by atoms with van der Waals surface area (Å²) < 4.78 is 0. The summed E-state index contributed by atoms with van der Waals surface area (Å²) in [6.07, 6.45) is 1.69. The van der Waals surface area contributed by atoms with Crippen LogP contribution in [0.15, 0.2) is 48.7 Å². The van der Waals surface area contributed by atoms with E-state index in [0.29, 0.717) is 10.6 Å². The first-order chi connectivity index (χ1) is 11.4. The average molecular weight is 346 g/mol. The molecule has 1 aromatic carbocycles. The molecule has 0 saturated heterocycles. The van der Waals surface area contributed by atoms with Gasteiger partial charge in [0.2, 0.25) is 5.91 Å². The molecule has 1 N–H and O–H groups in total. The van der Waals surface area contributed by atoms with Crippen LogP contribution < -0.4 is 5.32 Å². The van der Waals surface area contributed by atoms with Crippen LogP contribution >= 0.6 is 11.6 Å². The molecule has 0 spiro atoms. The van der Waals surface area contributed by atoms with Gasteiger partial charge in [-0.2, -0.15) is 0 Å². The van der Waals surface area contributed by atoms with Crippen molar-refractivity contribution in [3.63, 3.8) is 0 Å². The molecule has 24 heavy (non-hydrogen) atoms. The predicted octanol–water partition coefficient (Wildman–Crippen LogP) is 3.07. The molecule has 1 heterocycles. The predicted molar refractivity (Wildman–Crippen MR) is 93.8 cm³/mol. The Hall–Kier alpha value is -2.40. The summed E-state index contributed by atoms with van der Waals surface area (Å²) in [7, 11) is 1.70. The van der Waals surface area contributed by atoms with Crippen LogP contribution in [0.1, 0.15) is 35.9 Å². The fraction of sp³-hybridized carbons (Fsp3) is 0.278. The maximum absolute atomic E-state index is 12.5. The summed E-state index contributed by atoms with van der Waals surface area (Å²) in [5, 5.41) is 3.26. The van der Waals surface area contributed by atoms with Crippen LogP contribution in [0.5, 0.6) is 0 Å². The second kappa shape index (κ2) is 7.93. The Bertz CT molecular complexity index is 704. The first kappa shape index (κ1) is 17.9. The van der Waals surface area contributed by atoms with Crippen molar-refractivity contribution in [3.05, 3.63) is 64.9 Å². The summed E-state index contributed by atoms with van der Waals surface area (Å²) in [5.41, 5.74) is 1.25. The molecule has 0 bridgehead atoms. The van der Waals surface area contributed by atoms with Gasteiger partial charge in [0.05, 0.1) is 11.7 Å². The average Bonchev–Trinajstić information content (AvgIpc) is 2.61. The van der Waals surface area contributed by atoms with Crippen LogP contribution in [0.3, 0.4) is 0 Å². The van der Waals surface area contributed by atoms with Crippen molar-refractivity contribution < 1.29 is 9.59 Å². The highest BCUT2D eigenvalue weighted by Crippen LogP contribution is 2.17. The van der Waals surface area contributed by atoms with Crippen molar-refractivity contribution >= 4 is 23.4 Å². The molecule has 0 aliphatic heterocycles. The van der Waals surface area contributed by atoms with Crippen molar-refractivity contribution in [3.8, 4) is 0 Å².